The van der Waals surface area contributed by atoms with Crippen molar-refractivity contribution in [3.05, 3.63) is 57.9 Å². The zero-order chi connectivity index (χ0) is 16.6. The molecule has 1 atom stereocenters. The van der Waals surface area contributed by atoms with E-state index in [9.17, 15) is 14.9 Å². The minimum Gasteiger partial charge on any atom is -0.351 e. The average molecular weight is 322 g/mol. The van der Waals surface area contributed by atoms with Crippen molar-refractivity contribution < 1.29 is 9.59 Å². The van der Waals surface area contributed by atoms with Crippen molar-refractivity contribution in [3.8, 4) is 6.07 Å². The van der Waals surface area contributed by atoms with Crippen LogP contribution in [-0.4, -0.2) is 16.1 Å². The number of aryl methyl sites for hydroxylation is 2. The Morgan fingerprint density at radius 1 is 1.17 bits per heavy atom. The van der Waals surface area contributed by atoms with Gasteiger partial charge in [-0.05, 0) is 31.2 Å². The zero-order valence-corrected chi connectivity index (χ0v) is 13.6. The number of ketones is 2. The van der Waals surface area contributed by atoms with Gasteiger partial charge in [0.05, 0.1) is 10.9 Å². The smallest absolute Gasteiger partial charge is 0.197 e. The fraction of sp³-hybridized carbons (Fsp3) is 0.167. The molecule has 23 heavy (non-hydrogen) atoms. The van der Waals surface area contributed by atoms with Crippen molar-refractivity contribution in [3.63, 3.8) is 0 Å². The van der Waals surface area contributed by atoms with Crippen molar-refractivity contribution >= 4 is 33.8 Å². The van der Waals surface area contributed by atoms with Crippen LogP contribution in [0.2, 0.25) is 0 Å². The Morgan fingerprint density at radius 2 is 1.96 bits per heavy atom. The lowest BCUT2D eigenvalue weighted by Gasteiger charge is -2.08. The van der Waals surface area contributed by atoms with Gasteiger partial charge in [0.25, 0.3) is 0 Å². The van der Waals surface area contributed by atoms with Gasteiger partial charge < -0.3 is 4.57 Å². The van der Waals surface area contributed by atoms with E-state index in [1.54, 1.807) is 18.2 Å². The summed E-state index contributed by atoms with van der Waals surface area (Å²) in [6, 6.07) is 12.5. The van der Waals surface area contributed by atoms with E-state index >= 15 is 0 Å². The molecule has 4 nitrogen and oxygen atoms in total. The Bertz CT molecular complexity index is 959. The molecule has 2 aromatic heterocycles. The Kier molecular flexibility index (Phi) is 3.85. The number of hydrogen-bond acceptors (Lipinski definition) is 4. The summed E-state index contributed by atoms with van der Waals surface area (Å²) in [7, 11) is 1.89. The van der Waals surface area contributed by atoms with Gasteiger partial charge in [0.15, 0.2) is 17.5 Å². The first-order valence-electron chi connectivity index (χ1n) is 7.11. The van der Waals surface area contributed by atoms with E-state index in [-0.39, 0.29) is 0 Å². The monoisotopic (exact) mass is 322 g/mol. The summed E-state index contributed by atoms with van der Waals surface area (Å²) in [6.07, 6.45) is 1.85. The molecule has 0 saturated heterocycles. The Balaban J connectivity index is 2.03. The SMILES string of the molecule is Cc1ccc(C(=O)[C@@H](C#N)C(=O)c2cccc3c2ccn3C)s1. The minimum atomic E-state index is -1.31. The number of rotatable bonds is 4. The maximum Gasteiger partial charge on any atom is 0.197 e. The maximum atomic E-state index is 12.8. The Morgan fingerprint density at radius 3 is 2.61 bits per heavy atom. The molecule has 0 aliphatic heterocycles. The Labute approximate surface area is 137 Å². The quantitative estimate of drug-likeness (QED) is 0.543. The third kappa shape index (κ3) is 2.58. The van der Waals surface area contributed by atoms with Crippen LogP contribution in [0, 0.1) is 24.2 Å². The van der Waals surface area contributed by atoms with Crippen LogP contribution in [0.1, 0.15) is 24.9 Å². The third-order valence-electron chi connectivity index (χ3n) is 3.83. The molecule has 0 fully saturated rings. The molecule has 114 valence electrons. The number of nitrogens with zero attached hydrogens (tertiary/aromatic N) is 2. The number of fused-ring (bicyclic) bond motifs is 1. The van der Waals surface area contributed by atoms with Crippen LogP contribution >= 0.6 is 11.3 Å². The van der Waals surface area contributed by atoms with Crippen LogP contribution in [0.5, 0.6) is 0 Å². The highest BCUT2D eigenvalue weighted by atomic mass is 32.1. The standard InChI is InChI=1S/C18H14N2O2S/c1-11-6-7-16(23-11)18(22)14(10-19)17(21)13-4-3-5-15-12(13)8-9-20(15)2/h3-9,14H,1-2H3/t14-/m0/s1. The fourth-order valence-corrected chi connectivity index (χ4v) is 3.46. The normalized spacial score (nSPS) is 12.0. The molecule has 3 aromatic rings. The van der Waals surface area contributed by atoms with Gasteiger partial charge in [-0.3, -0.25) is 9.59 Å². The molecule has 3 rings (SSSR count). The summed E-state index contributed by atoms with van der Waals surface area (Å²) in [4.78, 5) is 26.7. The van der Waals surface area contributed by atoms with Crippen LogP contribution in [-0.2, 0) is 7.05 Å². The number of nitriles is 1. The highest BCUT2D eigenvalue weighted by Crippen LogP contribution is 2.25. The molecule has 2 heterocycles. The van der Waals surface area contributed by atoms with E-state index in [0.717, 1.165) is 15.8 Å². The second kappa shape index (κ2) is 5.82. The van der Waals surface area contributed by atoms with Crippen LogP contribution in [0.4, 0.5) is 0 Å². The van der Waals surface area contributed by atoms with Crippen LogP contribution in [0.3, 0.4) is 0 Å². The molecule has 0 N–H and O–H groups in total. The first kappa shape index (κ1) is 15.2. The van der Waals surface area contributed by atoms with Gasteiger partial charge in [-0.25, -0.2) is 0 Å². The number of carbonyl (C=O) groups excluding carboxylic acids is 2. The third-order valence-corrected chi connectivity index (χ3v) is 4.85. The summed E-state index contributed by atoms with van der Waals surface area (Å²) < 4.78 is 1.90. The van der Waals surface area contributed by atoms with Crippen LogP contribution < -0.4 is 0 Å². The van der Waals surface area contributed by atoms with E-state index in [1.807, 2.05) is 49.0 Å². The topological polar surface area (TPSA) is 62.9 Å². The summed E-state index contributed by atoms with van der Waals surface area (Å²) in [5.74, 6) is -2.18. The van der Waals surface area contributed by atoms with Gasteiger partial charge in [-0.1, -0.05) is 12.1 Å². The zero-order valence-electron chi connectivity index (χ0n) is 12.7. The van der Waals surface area contributed by atoms with Crippen molar-refractivity contribution in [2.45, 2.75) is 6.92 Å². The predicted octanol–water partition coefficient (Wildman–Crippen LogP) is 3.75. The number of Topliss-reactive ketones (excluding diaryl/α,β-unsaturated/α-hetero) is 2. The highest BCUT2D eigenvalue weighted by Gasteiger charge is 2.30. The van der Waals surface area contributed by atoms with E-state index in [4.69, 9.17) is 0 Å². The lowest BCUT2D eigenvalue weighted by atomic mass is 9.92. The maximum absolute atomic E-state index is 12.8. The fourth-order valence-electron chi connectivity index (χ4n) is 2.62. The molecular formula is C18H14N2O2S. The first-order valence-corrected chi connectivity index (χ1v) is 7.93. The second-order valence-electron chi connectivity index (χ2n) is 5.37. The van der Waals surface area contributed by atoms with Crippen molar-refractivity contribution in [1.82, 2.24) is 4.57 Å². The summed E-state index contributed by atoms with van der Waals surface area (Å²) in [5.41, 5.74) is 1.31. The number of aromatic nitrogens is 1. The van der Waals surface area contributed by atoms with Gasteiger partial charge in [0.1, 0.15) is 0 Å². The second-order valence-corrected chi connectivity index (χ2v) is 6.65. The van der Waals surface area contributed by atoms with Gasteiger partial charge in [0, 0.05) is 34.6 Å². The molecule has 0 spiro atoms. The number of carbonyl (C=O) groups is 2. The molecule has 0 aliphatic carbocycles. The first-order chi connectivity index (χ1) is 11.0. The largest absolute Gasteiger partial charge is 0.351 e. The minimum absolute atomic E-state index is 0.413. The Hall–Kier alpha value is -2.71. The van der Waals surface area contributed by atoms with Crippen LogP contribution in [0.25, 0.3) is 10.9 Å². The molecule has 0 bridgehead atoms. The van der Waals surface area contributed by atoms with Gasteiger partial charge in [-0.2, -0.15) is 5.26 Å². The molecule has 1 aromatic carbocycles. The molecule has 0 amide bonds. The van der Waals surface area contributed by atoms with E-state index in [2.05, 4.69) is 0 Å². The van der Waals surface area contributed by atoms with Gasteiger partial charge in [0.2, 0.25) is 0 Å². The van der Waals surface area contributed by atoms with E-state index in [0.29, 0.717) is 10.4 Å². The van der Waals surface area contributed by atoms with Gasteiger partial charge >= 0.3 is 0 Å². The lowest BCUT2D eigenvalue weighted by Crippen LogP contribution is -2.22. The molecule has 0 saturated carbocycles. The molecule has 0 aliphatic rings. The predicted molar refractivity (Wildman–Crippen MR) is 89.7 cm³/mol. The van der Waals surface area contributed by atoms with Crippen molar-refractivity contribution in [2.75, 3.05) is 0 Å². The van der Waals surface area contributed by atoms with Crippen molar-refractivity contribution in [2.24, 2.45) is 13.0 Å². The summed E-state index contributed by atoms with van der Waals surface area (Å²) >= 11 is 1.30. The van der Waals surface area contributed by atoms with E-state index in [1.165, 1.54) is 11.3 Å². The summed E-state index contributed by atoms with van der Waals surface area (Å²) in [5, 5.41) is 10.1. The molecular weight excluding hydrogens is 308 g/mol. The molecule has 5 heteroatoms. The average Bonchev–Trinajstić information content (AvgIpc) is 3.14. The number of hydrogen-bond donors (Lipinski definition) is 0. The molecule has 0 unspecified atom stereocenters. The highest BCUT2D eigenvalue weighted by molar-refractivity contribution is 7.14. The lowest BCUT2D eigenvalue weighted by molar-refractivity contribution is 0.0849. The summed E-state index contributed by atoms with van der Waals surface area (Å²) in [6.45, 7) is 1.88. The molecule has 0 radical (unpaired) electrons. The number of benzene rings is 1. The number of thiophene rings is 1. The van der Waals surface area contributed by atoms with Crippen molar-refractivity contribution in [1.29, 1.82) is 5.26 Å². The van der Waals surface area contributed by atoms with Gasteiger partial charge in [-0.15, -0.1) is 11.3 Å². The van der Waals surface area contributed by atoms with E-state index < -0.39 is 17.5 Å². The van der Waals surface area contributed by atoms with Crippen LogP contribution in [0.15, 0.2) is 42.6 Å².